The molecule has 0 fully saturated rings. The molecule has 0 aliphatic heterocycles. The standard InChI is InChI=1S/C12H18N2/c1-5-7-8-10-14-12(4)11(3)13-9-6-2/h5-10,12H,1H2,2-4H3/b8-7-,9-6-,13-11+,14-10-. The minimum Gasteiger partial charge on any atom is -0.284 e. The summed E-state index contributed by atoms with van der Waals surface area (Å²) in [7, 11) is 0. The quantitative estimate of drug-likeness (QED) is 0.470. The Hall–Kier alpha value is -1.44. The minimum atomic E-state index is 0.126. The molecule has 0 aromatic heterocycles. The van der Waals surface area contributed by atoms with Crippen LogP contribution in [-0.2, 0) is 0 Å². The molecule has 0 bridgehead atoms. The summed E-state index contributed by atoms with van der Waals surface area (Å²) in [5.41, 5.74) is 1.01. The second-order valence-corrected chi connectivity index (χ2v) is 2.85. The fourth-order valence-electron chi connectivity index (χ4n) is 0.715. The monoisotopic (exact) mass is 190 g/mol. The van der Waals surface area contributed by atoms with E-state index < -0.39 is 0 Å². The van der Waals surface area contributed by atoms with Crippen LogP contribution in [0.3, 0.4) is 0 Å². The van der Waals surface area contributed by atoms with Gasteiger partial charge in [-0.3, -0.25) is 9.98 Å². The number of aliphatic imine (C=N–C) groups is 2. The smallest absolute Gasteiger partial charge is 0.0849 e. The van der Waals surface area contributed by atoms with Crippen LogP contribution >= 0.6 is 0 Å². The Bertz CT molecular complexity index is 270. The van der Waals surface area contributed by atoms with Gasteiger partial charge in [-0.05, 0) is 26.8 Å². The molecule has 2 nitrogen and oxygen atoms in total. The average molecular weight is 190 g/mol. The minimum absolute atomic E-state index is 0.126. The van der Waals surface area contributed by atoms with Crippen LogP contribution in [0.2, 0.25) is 0 Å². The second-order valence-electron chi connectivity index (χ2n) is 2.85. The van der Waals surface area contributed by atoms with E-state index in [9.17, 15) is 0 Å². The van der Waals surface area contributed by atoms with Gasteiger partial charge in [-0.1, -0.05) is 24.8 Å². The van der Waals surface area contributed by atoms with Crippen LogP contribution in [0.4, 0.5) is 0 Å². The fraction of sp³-hybridized carbons (Fsp3) is 0.333. The molecule has 0 aliphatic carbocycles. The maximum atomic E-state index is 4.29. The molecule has 0 rings (SSSR count). The third kappa shape index (κ3) is 6.12. The predicted molar refractivity (Wildman–Crippen MR) is 65.2 cm³/mol. The Labute approximate surface area is 86.5 Å². The molecule has 1 atom stereocenters. The van der Waals surface area contributed by atoms with Gasteiger partial charge in [-0.15, -0.1) is 0 Å². The first-order valence-corrected chi connectivity index (χ1v) is 4.68. The highest BCUT2D eigenvalue weighted by Crippen LogP contribution is 1.94. The van der Waals surface area contributed by atoms with E-state index in [-0.39, 0.29) is 6.04 Å². The highest BCUT2D eigenvalue weighted by molar-refractivity contribution is 5.89. The van der Waals surface area contributed by atoms with E-state index in [4.69, 9.17) is 0 Å². The number of hydrogen-bond donors (Lipinski definition) is 0. The summed E-state index contributed by atoms with van der Waals surface area (Å²) in [5.74, 6) is 0. The highest BCUT2D eigenvalue weighted by Gasteiger charge is 1.99. The topological polar surface area (TPSA) is 24.7 Å². The highest BCUT2D eigenvalue weighted by atomic mass is 14.8. The van der Waals surface area contributed by atoms with E-state index in [1.807, 2.05) is 39.0 Å². The Morgan fingerprint density at radius 3 is 2.64 bits per heavy atom. The van der Waals surface area contributed by atoms with Crippen molar-refractivity contribution < 1.29 is 0 Å². The summed E-state index contributed by atoms with van der Waals surface area (Å²) >= 11 is 0. The Kier molecular flexibility index (Phi) is 7.33. The van der Waals surface area contributed by atoms with Crippen LogP contribution in [0.15, 0.2) is 47.1 Å². The zero-order chi connectivity index (χ0) is 10.8. The molecule has 0 saturated carbocycles. The molecule has 2 heteroatoms. The SMILES string of the molecule is C=C/C=C\C=N/C(C)/C(C)=N/C=C\C. The zero-order valence-corrected chi connectivity index (χ0v) is 9.14. The van der Waals surface area contributed by atoms with Crippen molar-refractivity contribution in [3.8, 4) is 0 Å². The van der Waals surface area contributed by atoms with Gasteiger partial charge in [0.1, 0.15) is 0 Å². The summed E-state index contributed by atoms with van der Waals surface area (Å²) in [4.78, 5) is 8.51. The van der Waals surface area contributed by atoms with Gasteiger partial charge < -0.3 is 0 Å². The lowest BCUT2D eigenvalue weighted by Crippen LogP contribution is -2.10. The number of hydrogen-bond acceptors (Lipinski definition) is 2. The Morgan fingerprint density at radius 1 is 1.36 bits per heavy atom. The van der Waals surface area contributed by atoms with Crippen molar-refractivity contribution >= 4 is 11.9 Å². The van der Waals surface area contributed by atoms with Crippen LogP contribution in [0, 0.1) is 0 Å². The molecule has 1 unspecified atom stereocenters. The Balaban J connectivity index is 4.19. The molecule has 0 amide bonds. The first-order chi connectivity index (χ1) is 6.72. The van der Waals surface area contributed by atoms with Gasteiger partial charge >= 0.3 is 0 Å². The lowest BCUT2D eigenvalue weighted by molar-refractivity contribution is 0.973. The maximum absolute atomic E-state index is 4.29. The normalized spacial score (nSPS) is 15.8. The molecular weight excluding hydrogens is 172 g/mol. The van der Waals surface area contributed by atoms with Crippen LogP contribution < -0.4 is 0 Å². The summed E-state index contributed by atoms with van der Waals surface area (Å²) in [6.45, 7) is 9.50. The Morgan fingerprint density at radius 2 is 2.07 bits per heavy atom. The van der Waals surface area contributed by atoms with Gasteiger partial charge in [-0.2, -0.15) is 0 Å². The van der Waals surface area contributed by atoms with Crippen molar-refractivity contribution in [3.05, 3.63) is 37.1 Å². The fourth-order valence-corrected chi connectivity index (χ4v) is 0.715. The molecule has 14 heavy (non-hydrogen) atoms. The van der Waals surface area contributed by atoms with E-state index in [2.05, 4.69) is 16.6 Å². The van der Waals surface area contributed by atoms with Crippen molar-refractivity contribution in [3.63, 3.8) is 0 Å². The van der Waals surface area contributed by atoms with Crippen molar-refractivity contribution in [2.75, 3.05) is 0 Å². The third-order valence-corrected chi connectivity index (χ3v) is 1.67. The zero-order valence-electron chi connectivity index (χ0n) is 9.14. The maximum Gasteiger partial charge on any atom is 0.0849 e. The first kappa shape index (κ1) is 12.6. The molecule has 76 valence electrons. The van der Waals surface area contributed by atoms with Crippen LogP contribution in [0.5, 0.6) is 0 Å². The van der Waals surface area contributed by atoms with Gasteiger partial charge in [0.05, 0.1) is 6.04 Å². The van der Waals surface area contributed by atoms with E-state index in [1.54, 1.807) is 18.5 Å². The van der Waals surface area contributed by atoms with Crippen molar-refractivity contribution in [1.29, 1.82) is 0 Å². The summed E-state index contributed by atoms with van der Waals surface area (Å²) in [6.07, 6.45) is 10.9. The first-order valence-electron chi connectivity index (χ1n) is 4.68. The lowest BCUT2D eigenvalue weighted by Gasteiger charge is -2.02. The summed E-state index contributed by atoms with van der Waals surface area (Å²) in [6, 6.07) is 0.126. The molecule has 0 aliphatic rings. The predicted octanol–water partition coefficient (Wildman–Crippen LogP) is 3.18. The lowest BCUT2D eigenvalue weighted by atomic mass is 10.2. The van der Waals surface area contributed by atoms with E-state index >= 15 is 0 Å². The van der Waals surface area contributed by atoms with Crippen molar-refractivity contribution in [2.24, 2.45) is 9.98 Å². The molecule has 0 aromatic rings. The number of allylic oxidation sites excluding steroid dienone is 4. The van der Waals surface area contributed by atoms with Crippen molar-refractivity contribution in [2.45, 2.75) is 26.8 Å². The third-order valence-electron chi connectivity index (χ3n) is 1.67. The second kappa shape index (κ2) is 8.17. The summed E-state index contributed by atoms with van der Waals surface area (Å²) in [5, 5.41) is 0. The van der Waals surface area contributed by atoms with Gasteiger partial charge in [0.2, 0.25) is 0 Å². The van der Waals surface area contributed by atoms with E-state index in [0.29, 0.717) is 0 Å². The molecular formula is C12H18N2. The van der Waals surface area contributed by atoms with Gasteiger partial charge in [0.15, 0.2) is 0 Å². The van der Waals surface area contributed by atoms with Gasteiger partial charge in [0.25, 0.3) is 0 Å². The van der Waals surface area contributed by atoms with Crippen LogP contribution in [0.25, 0.3) is 0 Å². The van der Waals surface area contributed by atoms with Crippen LogP contribution in [0.1, 0.15) is 20.8 Å². The molecule has 0 saturated heterocycles. The number of nitrogens with zero attached hydrogens (tertiary/aromatic N) is 2. The number of rotatable bonds is 5. The molecule has 0 aromatic carbocycles. The molecule has 0 heterocycles. The van der Waals surface area contributed by atoms with Gasteiger partial charge in [0, 0.05) is 18.1 Å². The summed E-state index contributed by atoms with van der Waals surface area (Å²) < 4.78 is 0. The van der Waals surface area contributed by atoms with Crippen molar-refractivity contribution in [1.82, 2.24) is 0 Å². The average Bonchev–Trinajstić information content (AvgIpc) is 2.20. The van der Waals surface area contributed by atoms with E-state index in [0.717, 1.165) is 5.71 Å². The molecule has 0 radical (unpaired) electrons. The van der Waals surface area contributed by atoms with Crippen LogP contribution in [-0.4, -0.2) is 18.0 Å². The van der Waals surface area contributed by atoms with E-state index in [1.165, 1.54) is 0 Å². The largest absolute Gasteiger partial charge is 0.284 e. The van der Waals surface area contributed by atoms with Gasteiger partial charge in [-0.25, -0.2) is 0 Å². The molecule has 0 spiro atoms. The molecule has 0 N–H and O–H groups in total.